The van der Waals surface area contributed by atoms with Crippen molar-refractivity contribution in [3.63, 3.8) is 0 Å². The van der Waals surface area contributed by atoms with E-state index in [-0.39, 0.29) is 12.0 Å². The highest BCUT2D eigenvalue weighted by Crippen LogP contribution is 2.30. The van der Waals surface area contributed by atoms with Crippen molar-refractivity contribution in [2.75, 3.05) is 18.0 Å². The number of alkyl halides is 3. The average Bonchev–Trinajstić information content (AvgIpc) is 3.17. The van der Waals surface area contributed by atoms with Gasteiger partial charge in [-0.3, -0.25) is 4.98 Å². The van der Waals surface area contributed by atoms with E-state index in [4.69, 9.17) is 4.74 Å². The van der Waals surface area contributed by atoms with Crippen molar-refractivity contribution in [1.29, 1.82) is 0 Å². The summed E-state index contributed by atoms with van der Waals surface area (Å²) in [6, 6.07) is 16.2. The van der Waals surface area contributed by atoms with Crippen molar-refractivity contribution in [3.8, 4) is 17.1 Å². The fraction of sp³-hybridized carbons (Fsp3) is 0.238. The van der Waals surface area contributed by atoms with Crippen molar-refractivity contribution in [3.05, 3.63) is 72.6 Å². The summed E-state index contributed by atoms with van der Waals surface area (Å²) in [5.74, 6) is 0.206. The molecule has 1 fully saturated rings. The molecule has 0 spiro atoms. The lowest BCUT2D eigenvalue weighted by Crippen LogP contribution is -2.24. The van der Waals surface area contributed by atoms with Crippen LogP contribution in [0, 0.1) is 0 Å². The highest BCUT2D eigenvalue weighted by atomic mass is 19.4. The Kier molecular flexibility index (Phi) is 4.90. The first-order valence-corrected chi connectivity index (χ1v) is 8.95. The molecule has 1 saturated heterocycles. The van der Waals surface area contributed by atoms with Gasteiger partial charge in [0.25, 0.3) is 0 Å². The lowest BCUT2D eigenvalue weighted by Gasteiger charge is -2.19. The summed E-state index contributed by atoms with van der Waals surface area (Å²) >= 11 is 0. The van der Waals surface area contributed by atoms with Gasteiger partial charge in [-0.1, -0.05) is 30.3 Å². The Morgan fingerprint density at radius 2 is 1.75 bits per heavy atom. The van der Waals surface area contributed by atoms with E-state index in [1.54, 1.807) is 0 Å². The zero-order valence-electron chi connectivity index (χ0n) is 14.9. The highest BCUT2D eigenvalue weighted by Gasteiger charge is 2.31. The molecule has 0 aliphatic carbocycles. The molecular formula is C21H18F3N3O. The van der Waals surface area contributed by atoms with Crippen LogP contribution >= 0.6 is 0 Å². The van der Waals surface area contributed by atoms with E-state index in [0.717, 1.165) is 42.2 Å². The van der Waals surface area contributed by atoms with Gasteiger partial charge in [0.1, 0.15) is 6.10 Å². The Bertz CT molecular complexity index is 912. The predicted octanol–water partition coefficient (Wildman–Crippen LogP) is 4.82. The van der Waals surface area contributed by atoms with E-state index in [1.165, 1.54) is 6.07 Å². The number of anilines is 1. The van der Waals surface area contributed by atoms with Gasteiger partial charge in [0, 0.05) is 30.8 Å². The largest absolute Gasteiger partial charge is 0.472 e. The molecule has 4 rings (SSSR count). The second kappa shape index (κ2) is 7.50. The topological polar surface area (TPSA) is 38.2 Å². The van der Waals surface area contributed by atoms with Crippen molar-refractivity contribution in [2.24, 2.45) is 0 Å². The van der Waals surface area contributed by atoms with Gasteiger partial charge in [-0.15, -0.1) is 0 Å². The maximum atomic E-state index is 12.6. The molecule has 1 unspecified atom stereocenters. The molecule has 3 aromatic rings. The SMILES string of the molecule is FC(F)(F)c1ccc(OC2CCN(c3ccc(-c4ccccc4)nc3)C2)nc1. The van der Waals surface area contributed by atoms with Gasteiger partial charge in [0.05, 0.1) is 29.7 Å². The molecule has 4 nitrogen and oxygen atoms in total. The van der Waals surface area contributed by atoms with E-state index >= 15 is 0 Å². The third kappa shape index (κ3) is 4.08. The van der Waals surface area contributed by atoms with Gasteiger partial charge >= 0.3 is 6.18 Å². The Balaban J connectivity index is 1.37. The summed E-state index contributed by atoms with van der Waals surface area (Å²) in [6.45, 7) is 1.42. The summed E-state index contributed by atoms with van der Waals surface area (Å²) in [5, 5.41) is 0. The molecule has 7 heteroatoms. The number of hydrogen-bond acceptors (Lipinski definition) is 4. The summed E-state index contributed by atoms with van der Waals surface area (Å²) in [7, 11) is 0. The van der Waals surface area contributed by atoms with E-state index in [0.29, 0.717) is 6.54 Å². The van der Waals surface area contributed by atoms with Crippen LogP contribution in [-0.2, 0) is 6.18 Å². The molecule has 0 amide bonds. The smallest absolute Gasteiger partial charge is 0.417 e. The Morgan fingerprint density at radius 3 is 2.39 bits per heavy atom. The van der Waals surface area contributed by atoms with Gasteiger partial charge in [0.15, 0.2) is 0 Å². The zero-order chi connectivity index (χ0) is 19.6. The Hall–Kier alpha value is -3.09. The van der Waals surface area contributed by atoms with Crippen LogP contribution in [0.25, 0.3) is 11.3 Å². The summed E-state index contributed by atoms with van der Waals surface area (Å²) in [5.41, 5.74) is 2.18. The second-order valence-electron chi connectivity index (χ2n) is 6.63. The number of rotatable bonds is 4. The van der Waals surface area contributed by atoms with Gasteiger partial charge in [-0.2, -0.15) is 13.2 Å². The van der Waals surface area contributed by atoms with Crippen molar-refractivity contribution in [1.82, 2.24) is 9.97 Å². The number of hydrogen-bond donors (Lipinski definition) is 0. The molecule has 0 N–H and O–H groups in total. The molecular weight excluding hydrogens is 367 g/mol. The number of halogens is 3. The molecule has 3 heterocycles. The highest BCUT2D eigenvalue weighted by molar-refractivity contribution is 5.61. The van der Waals surface area contributed by atoms with E-state index in [9.17, 15) is 13.2 Å². The maximum absolute atomic E-state index is 12.6. The first-order chi connectivity index (χ1) is 13.5. The summed E-state index contributed by atoms with van der Waals surface area (Å²) < 4.78 is 43.6. The maximum Gasteiger partial charge on any atom is 0.417 e. The standard InChI is InChI=1S/C21H18F3N3O/c22-21(23,24)16-6-9-20(26-12-16)28-18-10-11-27(14-18)17-7-8-19(25-13-17)15-4-2-1-3-5-15/h1-9,12-13,18H,10-11,14H2. The number of benzene rings is 1. The normalized spacial score (nSPS) is 17.0. The van der Waals surface area contributed by atoms with Crippen molar-refractivity contribution >= 4 is 5.69 Å². The molecule has 2 aromatic heterocycles. The zero-order valence-corrected chi connectivity index (χ0v) is 14.9. The van der Waals surface area contributed by atoms with Gasteiger partial charge in [0.2, 0.25) is 5.88 Å². The Morgan fingerprint density at radius 1 is 0.929 bits per heavy atom. The predicted molar refractivity (Wildman–Crippen MR) is 100 cm³/mol. The quantitative estimate of drug-likeness (QED) is 0.645. The number of pyridine rings is 2. The van der Waals surface area contributed by atoms with Crippen LogP contribution in [0.5, 0.6) is 5.88 Å². The van der Waals surface area contributed by atoms with E-state index in [2.05, 4.69) is 14.9 Å². The van der Waals surface area contributed by atoms with Gasteiger partial charge < -0.3 is 9.64 Å². The third-order valence-electron chi connectivity index (χ3n) is 4.68. The van der Waals surface area contributed by atoms with Crippen LogP contribution < -0.4 is 9.64 Å². The molecule has 0 saturated carbocycles. The lowest BCUT2D eigenvalue weighted by atomic mass is 10.1. The minimum Gasteiger partial charge on any atom is -0.472 e. The minimum atomic E-state index is -4.39. The monoisotopic (exact) mass is 385 g/mol. The van der Waals surface area contributed by atoms with Crippen LogP contribution in [0.2, 0.25) is 0 Å². The van der Waals surface area contributed by atoms with Crippen LogP contribution in [0.4, 0.5) is 18.9 Å². The first-order valence-electron chi connectivity index (χ1n) is 8.95. The third-order valence-corrected chi connectivity index (χ3v) is 4.68. The van der Waals surface area contributed by atoms with Crippen LogP contribution in [0.3, 0.4) is 0 Å². The molecule has 144 valence electrons. The molecule has 1 atom stereocenters. The van der Waals surface area contributed by atoms with Gasteiger partial charge in [-0.25, -0.2) is 4.98 Å². The molecule has 0 bridgehead atoms. The van der Waals surface area contributed by atoms with Gasteiger partial charge in [-0.05, 0) is 18.2 Å². The van der Waals surface area contributed by atoms with Crippen molar-refractivity contribution in [2.45, 2.75) is 18.7 Å². The van der Waals surface area contributed by atoms with E-state index in [1.807, 2.05) is 48.7 Å². The number of ether oxygens (including phenoxy) is 1. The van der Waals surface area contributed by atoms with Crippen LogP contribution in [-0.4, -0.2) is 29.2 Å². The first kappa shape index (κ1) is 18.3. The summed E-state index contributed by atoms with van der Waals surface area (Å²) in [4.78, 5) is 10.5. The summed E-state index contributed by atoms with van der Waals surface area (Å²) in [6.07, 6.45) is -1.12. The molecule has 0 radical (unpaired) electrons. The van der Waals surface area contributed by atoms with Crippen molar-refractivity contribution < 1.29 is 17.9 Å². The van der Waals surface area contributed by atoms with Crippen LogP contribution in [0.15, 0.2) is 67.0 Å². The number of aromatic nitrogens is 2. The van der Waals surface area contributed by atoms with E-state index < -0.39 is 11.7 Å². The fourth-order valence-electron chi connectivity index (χ4n) is 3.20. The second-order valence-corrected chi connectivity index (χ2v) is 6.63. The Labute approximate surface area is 160 Å². The minimum absolute atomic E-state index is 0.127. The average molecular weight is 385 g/mol. The molecule has 1 aromatic carbocycles. The number of nitrogens with zero attached hydrogens (tertiary/aromatic N) is 3. The molecule has 1 aliphatic heterocycles. The lowest BCUT2D eigenvalue weighted by molar-refractivity contribution is -0.137. The molecule has 1 aliphatic rings. The fourth-order valence-corrected chi connectivity index (χ4v) is 3.20. The van der Waals surface area contributed by atoms with Crippen LogP contribution in [0.1, 0.15) is 12.0 Å². The molecule has 28 heavy (non-hydrogen) atoms.